The minimum Gasteiger partial charge on any atom is -0.424 e. The van der Waals surface area contributed by atoms with Crippen molar-refractivity contribution in [1.29, 1.82) is 0 Å². The Labute approximate surface area is 88.5 Å². The molecule has 0 saturated heterocycles. The Morgan fingerprint density at radius 3 is 2.67 bits per heavy atom. The molecular weight excluding hydrogens is 197 g/mol. The van der Waals surface area contributed by atoms with Gasteiger partial charge in [-0.25, -0.2) is 4.39 Å². The van der Waals surface area contributed by atoms with E-state index in [-0.39, 0.29) is 5.75 Å². The van der Waals surface area contributed by atoms with E-state index in [0.717, 1.165) is 12.2 Å². The normalized spacial score (nSPS) is 9.87. The van der Waals surface area contributed by atoms with Gasteiger partial charge in [-0.1, -0.05) is 0 Å². The molecule has 0 saturated carbocycles. The highest BCUT2D eigenvalue weighted by Gasteiger charge is 2.08. The summed E-state index contributed by atoms with van der Waals surface area (Å²) in [6.45, 7) is 4.00. The third-order valence-corrected chi connectivity index (χ3v) is 2.08. The third kappa shape index (κ3) is 2.94. The molecule has 15 heavy (non-hydrogen) atoms. The number of rotatable bonds is 3. The molecule has 0 aromatic heterocycles. The molecule has 0 bridgehead atoms. The van der Waals surface area contributed by atoms with Gasteiger partial charge in [0.2, 0.25) is 0 Å². The molecule has 1 rings (SSSR count). The molecule has 0 aliphatic carbocycles. The molecule has 0 unspecified atom stereocenters. The molecule has 0 N–H and O–H groups in total. The van der Waals surface area contributed by atoms with Crippen molar-refractivity contribution >= 4 is 11.7 Å². The second-order valence-corrected chi connectivity index (χ2v) is 3.22. The fraction of sp³-hybridized carbons (Fsp3) is 0.364. The van der Waals surface area contributed by atoms with Gasteiger partial charge in [0.15, 0.2) is 11.6 Å². The Hall–Kier alpha value is -1.58. The number of carbonyl (C=O) groups excluding carboxylic acids is 1. The number of hydrogen-bond donors (Lipinski definition) is 0. The predicted molar refractivity (Wildman–Crippen MR) is 56.7 cm³/mol. The smallest absolute Gasteiger partial charge is 0.308 e. The molecule has 1 aromatic rings. The number of ether oxygens (including phenoxy) is 1. The van der Waals surface area contributed by atoms with Crippen LogP contribution in [-0.4, -0.2) is 19.6 Å². The Balaban J connectivity index is 2.92. The second kappa shape index (κ2) is 4.77. The molecular formula is C11H14FNO2. The van der Waals surface area contributed by atoms with E-state index >= 15 is 0 Å². The van der Waals surface area contributed by atoms with Crippen LogP contribution in [0, 0.1) is 5.82 Å². The highest BCUT2D eigenvalue weighted by molar-refractivity contribution is 5.69. The van der Waals surface area contributed by atoms with Crippen molar-refractivity contribution in [2.75, 3.05) is 18.5 Å². The number of esters is 1. The van der Waals surface area contributed by atoms with Crippen LogP contribution in [0.15, 0.2) is 18.2 Å². The van der Waals surface area contributed by atoms with Gasteiger partial charge in [-0.05, 0) is 19.1 Å². The Morgan fingerprint density at radius 2 is 2.20 bits per heavy atom. The maximum atomic E-state index is 13.4. The summed E-state index contributed by atoms with van der Waals surface area (Å²) in [7, 11) is 1.86. The van der Waals surface area contributed by atoms with Gasteiger partial charge in [-0.3, -0.25) is 4.79 Å². The molecule has 0 amide bonds. The van der Waals surface area contributed by atoms with Gasteiger partial charge in [0.25, 0.3) is 0 Å². The lowest BCUT2D eigenvalue weighted by Gasteiger charge is -2.17. The monoisotopic (exact) mass is 211 g/mol. The lowest BCUT2D eigenvalue weighted by molar-refractivity contribution is -0.132. The maximum Gasteiger partial charge on any atom is 0.308 e. The summed E-state index contributed by atoms with van der Waals surface area (Å²) in [6.07, 6.45) is 0. The second-order valence-electron chi connectivity index (χ2n) is 3.22. The molecule has 4 heteroatoms. The first-order valence-electron chi connectivity index (χ1n) is 4.73. The van der Waals surface area contributed by atoms with Crippen molar-refractivity contribution in [2.45, 2.75) is 13.8 Å². The van der Waals surface area contributed by atoms with E-state index in [9.17, 15) is 9.18 Å². The van der Waals surface area contributed by atoms with E-state index in [4.69, 9.17) is 0 Å². The van der Waals surface area contributed by atoms with Gasteiger partial charge >= 0.3 is 5.97 Å². The van der Waals surface area contributed by atoms with E-state index in [0.29, 0.717) is 0 Å². The fourth-order valence-corrected chi connectivity index (χ4v) is 1.15. The molecule has 0 aliphatic heterocycles. The summed E-state index contributed by atoms with van der Waals surface area (Å²) < 4.78 is 18.1. The minimum atomic E-state index is -0.525. The van der Waals surface area contributed by atoms with E-state index < -0.39 is 11.8 Å². The van der Waals surface area contributed by atoms with E-state index in [1.54, 1.807) is 6.07 Å². The van der Waals surface area contributed by atoms with Gasteiger partial charge in [0, 0.05) is 32.3 Å². The lowest BCUT2D eigenvalue weighted by Crippen LogP contribution is -2.16. The molecule has 82 valence electrons. The first kappa shape index (κ1) is 11.5. The summed E-state index contributed by atoms with van der Waals surface area (Å²) in [5.74, 6) is -1.08. The highest BCUT2D eigenvalue weighted by atomic mass is 19.1. The van der Waals surface area contributed by atoms with Crippen LogP contribution in [0.5, 0.6) is 5.75 Å². The first-order chi connectivity index (χ1) is 7.04. The standard InChI is InChI=1S/C11H14FNO2/c1-4-13(3)9-5-6-11(10(12)7-9)15-8(2)14/h5-7H,4H2,1-3H3. The average Bonchev–Trinajstić information content (AvgIpc) is 2.19. The van der Waals surface area contributed by atoms with Crippen LogP contribution in [0.25, 0.3) is 0 Å². The number of anilines is 1. The van der Waals surface area contributed by atoms with Crippen molar-refractivity contribution in [2.24, 2.45) is 0 Å². The molecule has 0 spiro atoms. The van der Waals surface area contributed by atoms with Crippen LogP contribution in [0.3, 0.4) is 0 Å². The Morgan fingerprint density at radius 1 is 1.53 bits per heavy atom. The van der Waals surface area contributed by atoms with Crippen LogP contribution in [0.2, 0.25) is 0 Å². The number of benzene rings is 1. The molecule has 1 aromatic carbocycles. The van der Waals surface area contributed by atoms with Crippen molar-refractivity contribution < 1.29 is 13.9 Å². The van der Waals surface area contributed by atoms with E-state index in [2.05, 4.69) is 4.74 Å². The number of hydrogen-bond acceptors (Lipinski definition) is 3. The van der Waals surface area contributed by atoms with Gasteiger partial charge in [-0.15, -0.1) is 0 Å². The van der Waals surface area contributed by atoms with Crippen molar-refractivity contribution in [1.82, 2.24) is 0 Å². The van der Waals surface area contributed by atoms with Crippen molar-refractivity contribution in [3.05, 3.63) is 24.0 Å². The summed E-state index contributed by atoms with van der Waals surface area (Å²) in [5, 5.41) is 0. The lowest BCUT2D eigenvalue weighted by atomic mass is 10.2. The predicted octanol–water partition coefficient (Wildman–Crippen LogP) is 2.21. The van der Waals surface area contributed by atoms with Gasteiger partial charge < -0.3 is 9.64 Å². The zero-order chi connectivity index (χ0) is 11.4. The number of carbonyl (C=O) groups is 1. The van der Waals surface area contributed by atoms with Gasteiger partial charge in [0.05, 0.1) is 0 Å². The highest BCUT2D eigenvalue weighted by Crippen LogP contribution is 2.23. The molecule has 0 heterocycles. The van der Waals surface area contributed by atoms with Crippen molar-refractivity contribution in [3.8, 4) is 5.75 Å². The van der Waals surface area contributed by atoms with E-state index in [1.807, 2.05) is 18.9 Å². The topological polar surface area (TPSA) is 29.5 Å². The molecule has 3 nitrogen and oxygen atoms in total. The summed E-state index contributed by atoms with van der Waals surface area (Å²) in [5.41, 5.74) is 0.755. The third-order valence-electron chi connectivity index (χ3n) is 2.08. The van der Waals surface area contributed by atoms with Crippen LogP contribution in [-0.2, 0) is 4.79 Å². The van der Waals surface area contributed by atoms with Crippen molar-refractivity contribution in [3.63, 3.8) is 0 Å². The molecule has 0 radical (unpaired) electrons. The average molecular weight is 211 g/mol. The number of halogens is 1. The molecule has 0 fully saturated rings. The fourth-order valence-electron chi connectivity index (χ4n) is 1.15. The van der Waals surface area contributed by atoms with Crippen LogP contribution in [0.1, 0.15) is 13.8 Å². The maximum absolute atomic E-state index is 13.4. The summed E-state index contributed by atoms with van der Waals surface area (Å²) in [4.78, 5) is 12.5. The Kier molecular flexibility index (Phi) is 3.66. The molecule has 0 atom stereocenters. The minimum absolute atomic E-state index is 0.0317. The zero-order valence-electron chi connectivity index (χ0n) is 9.08. The summed E-state index contributed by atoms with van der Waals surface area (Å²) >= 11 is 0. The van der Waals surface area contributed by atoms with Crippen LogP contribution >= 0.6 is 0 Å². The first-order valence-corrected chi connectivity index (χ1v) is 4.73. The largest absolute Gasteiger partial charge is 0.424 e. The summed E-state index contributed by atoms with van der Waals surface area (Å²) in [6, 6.07) is 4.52. The molecule has 0 aliphatic rings. The number of nitrogens with zero attached hydrogens (tertiary/aromatic N) is 1. The zero-order valence-corrected chi connectivity index (χ0v) is 9.08. The van der Waals surface area contributed by atoms with Gasteiger partial charge in [-0.2, -0.15) is 0 Å². The quantitative estimate of drug-likeness (QED) is 0.567. The van der Waals surface area contributed by atoms with Gasteiger partial charge in [0.1, 0.15) is 0 Å². The van der Waals surface area contributed by atoms with E-state index in [1.165, 1.54) is 19.1 Å². The van der Waals surface area contributed by atoms with Crippen LogP contribution < -0.4 is 9.64 Å². The SMILES string of the molecule is CCN(C)c1ccc(OC(C)=O)c(F)c1. The van der Waals surface area contributed by atoms with Crippen LogP contribution in [0.4, 0.5) is 10.1 Å². The Bertz CT molecular complexity index is 366.